The Labute approximate surface area is 106 Å². The molecule has 0 spiro atoms. The van der Waals surface area contributed by atoms with Crippen LogP contribution < -0.4 is 0 Å². The van der Waals surface area contributed by atoms with Gasteiger partial charge < -0.3 is 4.55 Å². The summed E-state index contributed by atoms with van der Waals surface area (Å²) >= 11 is 9.11. The number of halogens is 2. The second-order valence-corrected chi connectivity index (χ2v) is 5.70. The third-order valence-electron chi connectivity index (χ3n) is 2.06. The largest absolute Gasteiger partial charge is 0.306 e. The van der Waals surface area contributed by atoms with Crippen LogP contribution >= 0.6 is 23.2 Å². The van der Waals surface area contributed by atoms with Crippen LogP contribution in [0.4, 0.5) is 0 Å². The molecule has 0 aromatic heterocycles. The standard InChI is InChI=1S/C10H9Cl2NO2S/c11-10(12,7-13)9(16(14)15)6-8-4-2-1-3-5-8/h1-5,9H,6H2,(H,14,15). The van der Waals surface area contributed by atoms with Crippen LogP contribution in [0.1, 0.15) is 5.56 Å². The number of benzene rings is 1. The van der Waals surface area contributed by atoms with Crippen molar-refractivity contribution in [1.29, 1.82) is 5.26 Å². The van der Waals surface area contributed by atoms with E-state index < -0.39 is 20.7 Å². The van der Waals surface area contributed by atoms with Gasteiger partial charge >= 0.3 is 0 Å². The minimum Gasteiger partial charge on any atom is -0.306 e. The molecule has 0 aliphatic carbocycles. The highest BCUT2D eigenvalue weighted by Crippen LogP contribution is 2.30. The number of rotatable bonds is 4. The molecule has 1 aromatic carbocycles. The quantitative estimate of drug-likeness (QED) is 0.680. The zero-order valence-corrected chi connectivity index (χ0v) is 10.5. The van der Waals surface area contributed by atoms with Gasteiger partial charge in [-0.05, 0) is 12.0 Å². The Balaban J connectivity index is 2.91. The van der Waals surface area contributed by atoms with Crippen molar-refractivity contribution in [2.45, 2.75) is 16.0 Å². The molecule has 1 rings (SSSR count). The van der Waals surface area contributed by atoms with Gasteiger partial charge in [-0.25, -0.2) is 4.21 Å². The van der Waals surface area contributed by atoms with Crippen LogP contribution in [0.3, 0.4) is 0 Å². The number of hydrogen-bond acceptors (Lipinski definition) is 2. The van der Waals surface area contributed by atoms with Crippen LogP contribution in [-0.2, 0) is 17.5 Å². The third kappa shape index (κ3) is 3.46. The Morgan fingerprint density at radius 1 is 1.44 bits per heavy atom. The van der Waals surface area contributed by atoms with E-state index in [1.165, 1.54) is 0 Å². The zero-order chi connectivity index (χ0) is 12.2. The van der Waals surface area contributed by atoms with Crippen molar-refractivity contribution in [2.75, 3.05) is 0 Å². The second-order valence-electron chi connectivity index (χ2n) is 3.19. The predicted molar refractivity (Wildman–Crippen MR) is 64.8 cm³/mol. The molecule has 16 heavy (non-hydrogen) atoms. The SMILES string of the molecule is N#CC(Cl)(Cl)C(Cc1ccccc1)S(=O)O. The summed E-state index contributed by atoms with van der Waals surface area (Å²) in [4.78, 5) is 0. The monoisotopic (exact) mass is 277 g/mol. The molecule has 0 amide bonds. The molecule has 0 fully saturated rings. The molecule has 2 unspecified atom stereocenters. The molecule has 0 heterocycles. The minimum absolute atomic E-state index is 0.171. The number of nitrogens with zero attached hydrogens (tertiary/aromatic N) is 1. The molecule has 2 atom stereocenters. The highest BCUT2D eigenvalue weighted by Gasteiger charge is 2.39. The van der Waals surface area contributed by atoms with Gasteiger partial charge in [0.05, 0.1) is 0 Å². The van der Waals surface area contributed by atoms with Gasteiger partial charge in [-0.3, -0.25) is 0 Å². The first-order valence-corrected chi connectivity index (χ1v) is 6.32. The maximum Gasteiger partial charge on any atom is 0.220 e. The Kier molecular flexibility index (Phi) is 4.75. The van der Waals surface area contributed by atoms with Gasteiger partial charge in [0, 0.05) is 0 Å². The van der Waals surface area contributed by atoms with Crippen LogP contribution in [0.5, 0.6) is 0 Å². The van der Waals surface area contributed by atoms with Gasteiger partial charge in [0.25, 0.3) is 0 Å². The van der Waals surface area contributed by atoms with E-state index in [9.17, 15) is 4.21 Å². The Morgan fingerprint density at radius 3 is 2.44 bits per heavy atom. The van der Waals surface area contributed by atoms with Crippen molar-refractivity contribution in [3.05, 3.63) is 35.9 Å². The van der Waals surface area contributed by atoms with Crippen molar-refractivity contribution in [3.63, 3.8) is 0 Å². The van der Waals surface area contributed by atoms with Gasteiger partial charge in [0.15, 0.2) is 11.1 Å². The van der Waals surface area contributed by atoms with Crippen molar-refractivity contribution < 1.29 is 8.76 Å². The van der Waals surface area contributed by atoms with E-state index in [4.69, 9.17) is 33.0 Å². The second kappa shape index (κ2) is 5.65. The van der Waals surface area contributed by atoms with Crippen molar-refractivity contribution in [3.8, 4) is 6.07 Å². The summed E-state index contributed by atoms with van der Waals surface area (Å²) in [6.07, 6.45) is 0.171. The summed E-state index contributed by atoms with van der Waals surface area (Å²) in [6, 6.07) is 10.6. The average molecular weight is 278 g/mol. The molecule has 0 radical (unpaired) electrons. The molecule has 0 saturated heterocycles. The van der Waals surface area contributed by atoms with Crippen molar-refractivity contribution in [1.82, 2.24) is 0 Å². The fourth-order valence-corrected chi connectivity index (χ4v) is 2.48. The summed E-state index contributed by atoms with van der Waals surface area (Å²) in [7, 11) is 0. The molecule has 1 N–H and O–H groups in total. The molecule has 0 aliphatic heterocycles. The zero-order valence-electron chi connectivity index (χ0n) is 8.14. The van der Waals surface area contributed by atoms with Crippen molar-refractivity contribution >= 4 is 34.3 Å². The predicted octanol–water partition coefficient (Wildman–Crippen LogP) is 2.52. The van der Waals surface area contributed by atoms with Gasteiger partial charge in [0.2, 0.25) is 4.33 Å². The highest BCUT2D eigenvalue weighted by atomic mass is 35.5. The fourth-order valence-electron chi connectivity index (χ4n) is 1.23. The Hall–Kier alpha value is -0.600. The van der Waals surface area contributed by atoms with E-state index in [-0.39, 0.29) is 6.42 Å². The first-order chi connectivity index (χ1) is 7.47. The first-order valence-electron chi connectivity index (χ1n) is 4.40. The normalized spacial score (nSPS) is 15.1. The van der Waals surface area contributed by atoms with Crippen LogP contribution in [0.2, 0.25) is 0 Å². The van der Waals surface area contributed by atoms with Crippen LogP contribution in [0.25, 0.3) is 0 Å². The van der Waals surface area contributed by atoms with Crippen LogP contribution in [0, 0.1) is 11.3 Å². The molecule has 1 aromatic rings. The van der Waals surface area contributed by atoms with E-state index in [0.717, 1.165) is 5.56 Å². The van der Waals surface area contributed by atoms with Gasteiger partial charge in [-0.15, -0.1) is 0 Å². The molecule has 0 bridgehead atoms. The van der Waals surface area contributed by atoms with E-state index in [1.807, 2.05) is 6.07 Å². The van der Waals surface area contributed by atoms with E-state index >= 15 is 0 Å². The molecular weight excluding hydrogens is 269 g/mol. The number of hydrogen-bond donors (Lipinski definition) is 1. The Bertz CT molecular complexity index is 417. The summed E-state index contributed by atoms with van der Waals surface area (Å²) in [5, 5.41) is 7.69. The molecular formula is C10H9Cl2NO2S. The lowest BCUT2D eigenvalue weighted by Gasteiger charge is -2.20. The minimum atomic E-state index is -2.26. The third-order valence-corrected chi connectivity index (χ3v) is 4.02. The summed E-state index contributed by atoms with van der Waals surface area (Å²) in [5.41, 5.74) is 0.802. The highest BCUT2D eigenvalue weighted by molar-refractivity contribution is 7.80. The topological polar surface area (TPSA) is 61.1 Å². The Morgan fingerprint density at radius 2 is 2.00 bits per heavy atom. The van der Waals surface area contributed by atoms with Gasteiger partial charge in [-0.2, -0.15) is 5.26 Å². The van der Waals surface area contributed by atoms with E-state index in [2.05, 4.69) is 0 Å². The summed E-state index contributed by atoms with van der Waals surface area (Å²) < 4.78 is 18.3. The lowest BCUT2D eigenvalue weighted by Crippen LogP contribution is -2.35. The van der Waals surface area contributed by atoms with Gasteiger partial charge in [0.1, 0.15) is 11.3 Å². The van der Waals surface area contributed by atoms with Crippen molar-refractivity contribution in [2.24, 2.45) is 0 Å². The smallest absolute Gasteiger partial charge is 0.220 e. The molecule has 0 aliphatic rings. The maximum absolute atomic E-state index is 11.1. The molecule has 3 nitrogen and oxygen atoms in total. The average Bonchev–Trinajstić information content (AvgIpc) is 2.26. The lowest BCUT2D eigenvalue weighted by molar-refractivity contribution is 0.543. The summed E-state index contributed by atoms with van der Waals surface area (Å²) in [5.74, 6) is 0. The van der Waals surface area contributed by atoms with E-state index in [1.54, 1.807) is 30.3 Å². The number of nitriles is 1. The lowest BCUT2D eigenvalue weighted by atomic mass is 10.1. The molecule has 0 saturated carbocycles. The fraction of sp³-hybridized carbons (Fsp3) is 0.300. The number of alkyl halides is 2. The maximum atomic E-state index is 11.1. The summed E-state index contributed by atoms with van der Waals surface area (Å²) in [6.45, 7) is 0. The van der Waals surface area contributed by atoms with Gasteiger partial charge in [-0.1, -0.05) is 53.5 Å². The van der Waals surface area contributed by atoms with Crippen LogP contribution in [0.15, 0.2) is 30.3 Å². The first kappa shape index (κ1) is 13.5. The molecule has 6 heteroatoms. The molecule has 86 valence electrons. The van der Waals surface area contributed by atoms with Crippen LogP contribution in [-0.4, -0.2) is 18.3 Å². The van der Waals surface area contributed by atoms with E-state index in [0.29, 0.717) is 0 Å².